The molecule has 0 atom stereocenters. The van der Waals surface area contributed by atoms with E-state index >= 15 is 0 Å². The molecule has 15 heavy (non-hydrogen) atoms. The summed E-state index contributed by atoms with van der Waals surface area (Å²) in [6.45, 7) is 7.03. The molecular formula is C9H7BrN4O. The number of anilines is 1. The van der Waals surface area contributed by atoms with Crippen LogP contribution >= 0.6 is 15.9 Å². The van der Waals surface area contributed by atoms with E-state index in [1.807, 2.05) is 0 Å². The van der Waals surface area contributed by atoms with Gasteiger partial charge in [-0.25, -0.2) is 9.36 Å². The van der Waals surface area contributed by atoms with Crippen molar-refractivity contribution in [1.82, 2.24) is 9.61 Å². The number of rotatable bonds is 1. The molecule has 5 nitrogen and oxygen atoms in total. The normalized spacial score (nSPS) is 10.2. The fraction of sp³-hybridized carbons (Fsp3) is 0.111. The van der Waals surface area contributed by atoms with Gasteiger partial charge in [-0.05, 0) is 22.0 Å². The second kappa shape index (κ2) is 3.44. The SMILES string of the molecule is [C-]#[N+]c1c(N)nn2cc(Br)cc(OC)c12. The second-order valence-electron chi connectivity index (χ2n) is 2.87. The summed E-state index contributed by atoms with van der Waals surface area (Å²) in [5.41, 5.74) is 6.53. The van der Waals surface area contributed by atoms with Crippen LogP contribution in [0.5, 0.6) is 5.75 Å². The first-order chi connectivity index (χ1) is 7.17. The van der Waals surface area contributed by atoms with Crippen LogP contribution in [-0.4, -0.2) is 16.7 Å². The van der Waals surface area contributed by atoms with Crippen LogP contribution in [-0.2, 0) is 0 Å². The number of halogens is 1. The molecule has 2 N–H and O–H groups in total. The molecule has 6 heteroatoms. The Kier molecular flexibility index (Phi) is 2.25. The van der Waals surface area contributed by atoms with Crippen LogP contribution in [0.2, 0.25) is 0 Å². The quantitative estimate of drug-likeness (QED) is 0.806. The van der Waals surface area contributed by atoms with Crippen molar-refractivity contribution in [2.24, 2.45) is 0 Å². The third kappa shape index (κ3) is 1.41. The van der Waals surface area contributed by atoms with Crippen molar-refractivity contribution in [3.63, 3.8) is 0 Å². The van der Waals surface area contributed by atoms with Gasteiger partial charge in [-0.1, -0.05) is 0 Å². The lowest BCUT2D eigenvalue weighted by Crippen LogP contribution is -1.92. The van der Waals surface area contributed by atoms with Crippen molar-refractivity contribution in [3.05, 3.63) is 28.2 Å². The summed E-state index contributed by atoms with van der Waals surface area (Å²) in [5.74, 6) is 0.779. The molecule has 0 aliphatic carbocycles. The maximum atomic E-state index is 7.03. The van der Waals surface area contributed by atoms with Gasteiger partial charge in [-0.2, -0.15) is 5.10 Å². The van der Waals surface area contributed by atoms with E-state index in [1.165, 1.54) is 4.52 Å². The van der Waals surface area contributed by atoms with Crippen LogP contribution < -0.4 is 10.5 Å². The van der Waals surface area contributed by atoms with Gasteiger partial charge in [-0.15, -0.1) is 0 Å². The number of pyridine rings is 1. The van der Waals surface area contributed by atoms with Gasteiger partial charge in [0.25, 0.3) is 5.69 Å². The molecule has 0 unspecified atom stereocenters. The molecule has 0 amide bonds. The highest BCUT2D eigenvalue weighted by molar-refractivity contribution is 9.10. The van der Waals surface area contributed by atoms with Gasteiger partial charge in [0.1, 0.15) is 11.3 Å². The highest BCUT2D eigenvalue weighted by Gasteiger charge is 2.15. The summed E-state index contributed by atoms with van der Waals surface area (Å²) in [5, 5.41) is 4.02. The van der Waals surface area contributed by atoms with Crippen molar-refractivity contribution in [2.75, 3.05) is 12.8 Å². The van der Waals surface area contributed by atoms with Gasteiger partial charge in [0.15, 0.2) is 5.82 Å². The lowest BCUT2D eigenvalue weighted by molar-refractivity contribution is 0.417. The molecule has 0 aliphatic rings. The van der Waals surface area contributed by atoms with Crippen LogP contribution in [0.15, 0.2) is 16.7 Å². The molecule has 0 fully saturated rings. The summed E-state index contributed by atoms with van der Waals surface area (Å²) < 4.78 is 7.52. The van der Waals surface area contributed by atoms with Gasteiger partial charge in [0, 0.05) is 10.7 Å². The van der Waals surface area contributed by atoms with Gasteiger partial charge >= 0.3 is 0 Å². The van der Waals surface area contributed by atoms with Gasteiger partial charge in [0.2, 0.25) is 0 Å². The maximum Gasteiger partial charge on any atom is 0.258 e. The van der Waals surface area contributed by atoms with Crippen LogP contribution in [0.25, 0.3) is 10.4 Å². The topological polar surface area (TPSA) is 56.9 Å². The monoisotopic (exact) mass is 266 g/mol. The molecule has 0 radical (unpaired) electrons. The second-order valence-corrected chi connectivity index (χ2v) is 3.78. The zero-order valence-corrected chi connectivity index (χ0v) is 9.45. The van der Waals surface area contributed by atoms with Gasteiger partial charge in [-0.3, -0.25) is 0 Å². The van der Waals surface area contributed by atoms with E-state index in [0.29, 0.717) is 17.0 Å². The van der Waals surface area contributed by atoms with E-state index in [4.69, 9.17) is 17.0 Å². The Labute approximate surface area is 94.4 Å². The lowest BCUT2D eigenvalue weighted by Gasteiger charge is -2.03. The lowest BCUT2D eigenvalue weighted by atomic mass is 10.3. The minimum absolute atomic E-state index is 0.210. The molecule has 0 aliphatic heterocycles. The molecule has 0 bridgehead atoms. The van der Waals surface area contributed by atoms with Gasteiger partial charge < -0.3 is 10.5 Å². The van der Waals surface area contributed by atoms with Crippen molar-refractivity contribution < 1.29 is 4.74 Å². The summed E-state index contributed by atoms with van der Waals surface area (Å²) >= 11 is 3.32. The maximum absolute atomic E-state index is 7.03. The number of nitrogen functional groups attached to an aromatic ring is 1. The van der Waals surface area contributed by atoms with Crippen molar-refractivity contribution in [2.45, 2.75) is 0 Å². The fourth-order valence-corrected chi connectivity index (χ4v) is 1.78. The number of hydrogen-bond donors (Lipinski definition) is 1. The molecule has 2 rings (SSSR count). The predicted octanol–water partition coefficient (Wildman–Crippen LogP) is 2.24. The third-order valence-electron chi connectivity index (χ3n) is 1.99. The van der Waals surface area contributed by atoms with Gasteiger partial charge in [0.05, 0.1) is 13.7 Å². The Morgan fingerprint density at radius 1 is 1.67 bits per heavy atom. The number of nitrogens with zero attached hydrogens (tertiary/aromatic N) is 3. The molecular weight excluding hydrogens is 260 g/mol. The highest BCUT2D eigenvalue weighted by Crippen LogP contribution is 2.35. The molecule has 2 heterocycles. The number of methoxy groups -OCH3 is 1. The molecule has 0 spiro atoms. The molecule has 0 saturated heterocycles. The Balaban J connectivity index is 2.93. The summed E-state index contributed by atoms with van der Waals surface area (Å²) in [7, 11) is 1.54. The van der Waals surface area contributed by atoms with E-state index in [9.17, 15) is 0 Å². The average molecular weight is 267 g/mol. The number of nitrogens with two attached hydrogens (primary N) is 1. The van der Waals surface area contributed by atoms with Crippen LogP contribution in [0.4, 0.5) is 11.5 Å². The molecule has 0 aromatic carbocycles. The standard InChI is InChI=1S/C9H7BrN4O/c1-12-7-8-6(15-2)3-5(10)4-14(8)13-9(7)11/h3-4H,2H3,(H2,11,13). The molecule has 0 saturated carbocycles. The molecule has 76 valence electrons. The van der Waals surface area contributed by atoms with Crippen molar-refractivity contribution in [1.29, 1.82) is 0 Å². The summed E-state index contributed by atoms with van der Waals surface area (Å²) in [6.07, 6.45) is 1.73. The summed E-state index contributed by atoms with van der Waals surface area (Å²) in [4.78, 5) is 3.34. The zero-order valence-electron chi connectivity index (χ0n) is 7.86. The molecule has 2 aromatic heterocycles. The first kappa shape index (κ1) is 9.80. The average Bonchev–Trinajstić information content (AvgIpc) is 2.52. The van der Waals surface area contributed by atoms with E-state index in [1.54, 1.807) is 19.4 Å². The van der Waals surface area contributed by atoms with Crippen LogP contribution in [0, 0.1) is 6.57 Å². The number of ether oxygens (including phenoxy) is 1. The van der Waals surface area contributed by atoms with Crippen LogP contribution in [0.1, 0.15) is 0 Å². The highest BCUT2D eigenvalue weighted by atomic mass is 79.9. The van der Waals surface area contributed by atoms with E-state index in [0.717, 1.165) is 4.47 Å². The Bertz CT molecular complexity index is 569. The van der Waals surface area contributed by atoms with E-state index in [2.05, 4.69) is 25.9 Å². The third-order valence-corrected chi connectivity index (χ3v) is 2.42. The fourth-order valence-electron chi connectivity index (χ4n) is 1.38. The van der Waals surface area contributed by atoms with Crippen LogP contribution in [0.3, 0.4) is 0 Å². The number of hydrogen-bond acceptors (Lipinski definition) is 3. The first-order valence-electron chi connectivity index (χ1n) is 4.06. The zero-order chi connectivity index (χ0) is 11.0. The van der Waals surface area contributed by atoms with E-state index in [-0.39, 0.29) is 5.82 Å². The Morgan fingerprint density at radius 3 is 3.00 bits per heavy atom. The Morgan fingerprint density at radius 2 is 2.40 bits per heavy atom. The largest absolute Gasteiger partial charge is 0.496 e. The number of aromatic nitrogens is 2. The summed E-state index contributed by atoms with van der Waals surface area (Å²) in [6, 6.07) is 1.77. The van der Waals surface area contributed by atoms with Crippen molar-refractivity contribution >= 4 is 33.0 Å². The minimum Gasteiger partial charge on any atom is -0.496 e. The predicted molar refractivity (Wildman–Crippen MR) is 60.1 cm³/mol. The van der Waals surface area contributed by atoms with Crippen molar-refractivity contribution in [3.8, 4) is 5.75 Å². The number of fused-ring (bicyclic) bond motifs is 1. The Hall–Kier alpha value is -1.74. The first-order valence-corrected chi connectivity index (χ1v) is 4.85. The smallest absolute Gasteiger partial charge is 0.258 e. The molecule has 2 aromatic rings. The minimum atomic E-state index is 0.210. The van der Waals surface area contributed by atoms with E-state index < -0.39 is 0 Å².